The number of benzene rings is 1. The first-order valence-corrected chi connectivity index (χ1v) is 11.1. The lowest BCUT2D eigenvalue weighted by Gasteiger charge is -2.25. The first kappa shape index (κ1) is 20.1. The topological polar surface area (TPSA) is 82.0 Å². The van der Waals surface area contributed by atoms with Crippen molar-refractivity contribution >= 4 is 16.6 Å². The van der Waals surface area contributed by atoms with Crippen molar-refractivity contribution in [3.8, 4) is 0 Å². The predicted molar refractivity (Wildman–Crippen MR) is 114 cm³/mol. The Kier molecular flexibility index (Phi) is 6.04. The normalized spacial score (nSPS) is 18.6. The van der Waals surface area contributed by atoms with Gasteiger partial charge in [-0.05, 0) is 50.8 Å². The Morgan fingerprint density at radius 2 is 1.72 bits per heavy atom. The van der Waals surface area contributed by atoms with Crippen molar-refractivity contribution in [3.63, 3.8) is 0 Å². The lowest BCUT2D eigenvalue weighted by Crippen LogP contribution is -2.41. The molecule has 2 saturated carbocycles. The van der Waals surface area contributed by atoms with E-state index in [-0.39, 0.29) is 29.7 Å². The highest BCUT2D eigenvalue weighted by atomic mass is 19.1. The van der Waals surface area contributed by atoms with Gasteiger partial charge in [-0.1, -0.05) is 32.1 Å². The lowest BCUT2D eigenvalue weighted by atomic mass is 9.95. The van der Waals surface area contributed by atoms with Gasteiger partial charge in [0.25, 0.3) is 5.56 Å². The largest absolute Gasteiger partial charge is 0.380 e. The molecule has 2 aliphatic carbocycles. The zero-order chi connectivity index (χ0) is 20.4. The molecule has 0 amide bonds. The molecular weight excluding hydrogens is 371 g/mol. The summed E-state index contributed by atoms with van der Waals surface area (Å²) in [5, 5.41) is 3.61. The second-order valence-electron chi connectivity index (χ2n) is 8.52. The first-order chi connectivity index (χ1) is 14.1. The van der Waals surface area contributed by atoms with Gasteiger partial charge >= 0.3 is 5.69 Å². The van der Waals surface area contributed by atoms with Gasteiger partial charge in [0.15, 0.2) is 0 Å². The smallest absolute Gasteiger partial charge is 0.331 e. The molecule has 2 fully saturated rings. The fraction of sp³-hybridized carbons (Fsp3) is 0.636. The maximum absolute atomic E-state index is 14.9. The van der Waals surface area contributed by atoms with Gasteiger partial charge in [-0.15, -0.1) is 0 Å². The van der Waals surface area contributed by atoms with Gasteiger partial charge in [-0.2, -0.15) is 0 Å². The van der Waals surface area contributed by atoms with Crippen molar-refractivity contribution in [3.05, 3.63) is 38.8 Å². The van der Waals surface area contributed by atoms with E-state index in [1.54, 1.807) is 10.6 Å². The highest BCUT2D eigenvalue weighted by molar-refractivity contribution is 5.82. The maximum Gasteiger partial charge on any atom is 0.331 e. The van der Waals surface area contributed by atoms with Crippen molar-refractivity contribution in [1.29, 1.82) is 0 Å². The van der Waals surface area contributed by atoms with E-state index < -0.39 is 11.4 Å². The van der Waals surface area contributed by atoms with Gasteiger partial charge in [0, 0.05) is 18.6 Å². The Labute approximate surface area is 169 Å². The number of nitrogens with zero attached hydrogens (tertiary/aromatic N) is 2. The Morgan fingerprint density at radius 1 is 1.03 bits per heavy atom. The van der Waals surface area contributed by atoms with Crippen LogP contribution in [0.3, 0.4) is 0 Å². The van der Waals surface area contributed by atoms with E-state index in [4.69, 9.17) is 5.73 Å². The fourth-order valence-corrected chi connectivity index (χ4v) is 4.94. The molecule has 0 aliphatic heterocycles. The molecule has 0 unspecified atom stereocenters. The van der Waals surface area contributed by atoms with E-state index in [9.17, 15) is 14.0 Å². The molecule has 158 valence electrons. The minimum absolute atomic E-state index is 0.0581. The summed E-state index contributed by atoms with van der Waals surface area (Å²) in [5.74, 6) is -0.429. The third-order valence-electron chi connectivity index (χ3n) is 6.50. The molecule has 0 saturated heterocycles. The van der Waals surface area contributed by atoms with E-state index in [0.717, 1.165) is 51.4 Å². The van der Waals surface area contributed by atoms with E-state index in [2.05, 4.69) is 5.32 Å². The summed E-state index contributed by atoms with van der Waals surface area (Å²) in [6.07, 6.45) is 10.0. The number of aromatic nitrogens is 2. The minimum Gasteiger partial charge on any atom is -0.380 e. The van der Waals surface area contributed by atoms with Gasteiger partial charge < -0.3 is 11.1 Å². The van der Waals surface area contributed by atoms with Gasteiger partial charge in [-0.25, -0.2) is 9.18 Å². The first-order valence-electron chi connectivity index (χ1n) is 11.1. The molecule has 29 heavy (non-hydrogen) atoms. The molecule has 0 spiro atoms. The number of anilines is 1. The molecule has 1 aromatic carbocycles. The summed E-state index contributed by atoms with van der Waals surface area (Å²) in [7, 11) is 0. The van der Waals surface area contributed by atoms with Gasteiger partial charge in [0.05, 0.1) is 16.6 Å². The van der Waals surface area contributed by atoms with Crippen molar-refractivity contribution in [2.75, 3.05) is 11.9 Å². The molecule has 2 aromatic rings. The standard InChI is InChI=1S/C22H31FN4O2/c23-18-13-17-20(14-19(18)25-15-7-2-1-3-8-15)27(16-9-4-5-10-16)22(29)26(21(17)28)12-6-11-24/h13-16,25H,1-12,24H2. The molecular formula is C22H31FN4O2. The molecule has 0 radical (unpaired) electrons. The van der Waals surface area contributed by atoms with Crippen molar-refractivity contribution in [2.24, 2.45) is 5.73 Å². The molecule has 3 N–H and O–H groups in total. The molecule has 1 heterocycles. The fourth-order valence-electron chi connectivity index (χ4n) is 4.94. The highest BCUT2D eigenvalue weighted by Gasteiger charge is 2.24. The molecule has 4 rings (SSSR count). The van der Waals surface area contributed by atoms with Crippen LogP contribution in [-0.2, 0) is 6.54 Å². The monoisotopic (exact) mass is 402 g/mol. The summed E-state index contributed by atoms with van der Waals surface area (Å²) in [5.41, 5.74) is 5.83. The van der Waals surface area contributed by atoms with Crippen LogP contribution in [-0.4, -0.2) is 21.7 Å². The van der Waals surface area contributed by atoms with Crippen LogP contribution in [0.1, 0.15) is 70.3 Å². The maximum atomic E-state index is 14.9. The Balaban J connectivity index is 1.86. The second kappa shape index (κ2) is 8.69. The number of nitrogens with two attached hydrogens (primary N) is 1. The van der Waals surface area contributed by atoms with Crippen LogP contribution < -0.4 is 22.3 Å². The van der Waals surface area contributed by atoms with Crippen molar-refractivity contribution in [2.45, 2.75) is 82.8 Å². The Bertz CT molecular complexity index is 985. The number of halogens is 1. The summed E-state index contributed by atoms with van der Waals surface area (Å²) in [6, 6.07) is 3.30. The SMILES string of the molecule is NCCCn1c(=O)c2cc(F)c(NC3CCCCC3)cc2n(C2CCCC2)c1=O. The summed E-state index contributed by atoms with van der Waals surface area (Å²) < 4.78 is 17.9. The zero-order valence-electron chi connectivity index (χ0n) is 17.0. The number of hydrogen-bond donors (Lipinski definition) is 2. The predicted octanol–water partition coefficient (Wildman–Crippen LogP) is 3.51. The summed E-state index contributed by atoms with van der Waals surface area (Å²) >= 11 is 0. The lowest BCUT2D eigenvalue weighted by molar-refractivity contribution is 0.460. The quantitative estimate of drug-likeness (QED) is 0.775. The van der Waals surface area contributed by atoms with Crippen LogP contribution in [0.5, 0.6) is 0 Å². The minimum atomic E-state index is -0.429. The molecule has 0 bridgehead atoms. The second-order valence-corrected chi connectivity index (χ2v) is 8.52. The number of rotatable bonds is 6. The van der Waals surface area contributed by atoms with Gasteiger partial charge in [0.2, 0.25) is 0 Å². The van der Waals surface area contributed by atoms with Crippen LogP contribution in [0, 0.1) is 5.82 Å². The van der Waals surface area contributed by atoms with E-state index in [0.29, 0.717) is 24.2 Å². The van der Waals surface area contributed by atoms with Crippen LogP contribution in [0.4, 0.5) is 10.1 Å². The van der Waals surface area contributed by atoms with Gasteiger partial charge in [-0.3, -0.25) is 13.9 Å². The van der Waals surface area contributed by atoms with Crippen LogP contribution in [0.25, 0.3) is 10.9 Å². The van der Waals surface area contributed by atoms with Crippen molar-refractivity contribution < 1.29 is 4.39 Å². The number of nitrogens with one attached hydrogen (secondary N) is 1. The molecule has 7 heteroatoms. The highest BCUT2D eigenvalue weighted by Crippen LogP contribution is 2.32. The van der Waals surface area contributed by atoms with E-state index in [1.807, 2.05) is 0 Å². The zero-order valence-corrected chi connectivity index (χ0v) is 17.0. The Morgan fingerprint density at radius 3 is 2.41 bits per heavy atom. The number of fused-ring (bicyclic) bond motifs is 1. The number of hydrogen-bond acceptors (Lipinski definition) is 4. The average molecular weight is 403 g/mol. The average Bonchev–Trinajstić information content (AvgIpc) is 3.25. The molecule has 6 nitrogen and oxygen atoms in total. The Hall–Kier alpha value is -2.15. The third-order valence-corrected chi connectivity index (χ3v) is 6.50. The summed E-state index contributed by atoms with van der Waals surface area (Å²) in [6.45, 7) is 0.659. The van der Waals surface area contributed by atoms with E-state index >= 15 is 0 Å². The van der Waals surface area contributed by atoms with Crippen molar-refractivity contribution in [1.82, 2.24) is 9.13 Å². The van der Waals surface area contributed by atoms with Crippen LogP contribution >= 0.6 is 0 Å². The summed E-state index contributed by atoms with van der Waals surface area (Å²) in [4.78, 5) is 26.3. The molecule has 2 aliphatic rings. The van der Waals surface area contributed by atoms with Crippen LogP contribution in [0.2, 0.25) is 0 Å². The van der Waals surface area contributed by atoms with Gasteiger partial charge in [0.1, 0.15) is 5.82 Å². The van der Waals surface area contributed by atoms with E-state index in [1.165, 1.54) is 17.1 Å². The molecule has 0 atom stereocenters. The molecule has 1 aromatic heterocycles. The third kappa shape index (κ3) is 3.97. The van der Waals surface area contributed by atoms with Crippen LogP contribution in [0.15, 0.2) is 21.7 Å².